The molecule has 4 nitrogen and oxygen atoms in total. The fourth-order valence-electron chi connectivity index (χ4n) is 2.00. The predicted molar refractivity (Wildman–Crippen MR) is 69.7 cm³/mol. The number of hydrogen-bond acceptors (Lipinski definition) is 3. The zero-order valence-corrected chi connectivity index (χ0v) is 10.4. The lowest BCUT2D eigenvalue weighted by Gasteiger charge is -2.03. The second-order valence-electron chi connectivity index (χ2n) is 4.12. The molecule has 18 heavy (non-hydrogen) atoms. The van der Waals surface area contributed by atoms with E-state index in [1.54, 1.807) is 13.0 Å². The van der Waals surface area contributed by atoms with Crippen LogP contribution in [0.5, 0.6) is 0 Å². The lowest BCUT2D eigenvalue weighted by atomic mass is 10.1. The molecule has 0 saturated carbocycles. The van der Waals surface area contributed by atoms with E-state index >= 15 is 0 Å². The molecule has 0 saturated heterocycles. The maximum Gasteiger partial charge on any atom is 0.338 e. The average Bonchev–Trinajstić information content (AvgIpc) is 2.79. The molecule has 0 radical (unpaired) electrons. The van der Waals surface area contributed by atoms with Crippen LogP contribution in [0.3, 0.4) is 0 Å². The van der Waals surface area contributed by atoms with Crippen molar-refractivity contribution in [2.45, 2.75) is 19.8 Å². The topological polar surface area (TPSA) is 62.3 Å². The van der Waals surface area contributed by atoms with Crippen molar-refractivity contribution in [3.05, 3.63) is 35.5 Å². The summed E-state index contributed by atoms with van der Waals surface area (Å²) in [6, 6.07) is 5.48. The van der Waals surface area contributed by atoms with Crippen molar-refractivity contribution in [2.24, 2.45) is 0 Å². The number of ether oxygens (including phenoxy) is 1. The number of aliphatic hydroxyl groups excluding tert-OH is 1. The fourth-order valence-corrected chi connectivity index (χ4v) is 2.00. The van der Waals surface area contributed by atoms with Crippen molar-refractivity contribution in [3.8, 4) is 0 Å². The standard InChI is InChI=1S/C14H17NO3/c1-2-18-14(17)10-5-6-13-12(8-10)11(9-15-13)4-3-7-16/h5-6,8-9,15-16H,2-4,7H2,1H3. The quantitative estimate of drug-likeness (QED) is 0.797. The van der Waals surface area contributed by atoms with Gasteiger partial charge in [-0.3, -0.25) is 0 Å². The molecule has 0 atom stereocenters. The lowest BCUT2D eigenvalue weighted by molar-refractivity contribution is 0.0526. The molecule has 2 rings (SSSR count). The van der Waals surface area contributed by atoms with Crippen molar-refractivity contribution in [2.75, 3.05) is 13.2 Å². The van der Waals surface area contributed by atoms with Crippen LogP contribution in [0.15, 0.2) is 24.4 Å². The summed E-state index contributed by atoms with van der Waals surface area (Å²) >= 11 is 0. The van der Waals surface area contributed by atoms with Crippen LogP contribution < -0.4 is 0 Å². The first-order valence-electron chi connectivity index (χ1n) is 6.14. The minimum Gasteiger partial charge on any atom is -0.462 e. The number of nitrogens with one attached hydrogen (secondary N) is 1. The Bertz CT molecular complexity index is 545. The summed E-state index contributed by atoms with van der Waals surface area (Å²) in [5, 5.41) is 9.89. The molecule has 1 aromatic carbocycles. The Hall–Kier alpha value is -1.81. The van der Waals surface area contributed by atoms with E-state index < -0.39 is 0 Å². The molecule has 0 bridgehead atoms. The molecule has 0 aliphatic carbocycles. The smallest absolute Gasteiger partial charge is 0.338 e. The van der Waals surface area contributed by atoms with Crippen LogP contribution in [0.4, 0.5) is 0 Å². The molecule has 96 valence electrons. The van der Waals surface area contributed by atoms with Crippen LogP contribution in [0.2, 0.25) is 0 Å². The van der Waals surface area contributed by atoms with Gasteiger partial charge in [0.1, 0.15) is 0 Å². The zero-order valence-electron chi connectivity index (χ0n) is 10.4. The first-order valence-corrected chi connectivity index (χ1v) is 6.14. The summed E-state index contributed by atoms with van der Waals surface area (Å²) in [7, 11) is 0. The van der Waals surface area contributed by atoms with E-state index in [9.17, 15) is 4.79 Å². The number of rotatable bonds is 5. The van der Waals surface area contributed by atoms with Gasteiger partial charge in [-0.25, -0.2) is 4.79 Å². The summed E-state index contributed by atoms with van der Waals surface area (Å²) in [6.07, 6.45) is 3.44. The molecule has 2 N–H and O–H groups in total. The third kappa shape index (κ3) is 2.54. The molecule has 1 aromatic heterocycles. The number of esters is 1. The predicted octanol–water partition coefficient (Wildman–Crippen LogP) is 2.27. The number of aromatic amines is 1. The monoisotopic (exact) mass is 247 g/mol. The van der Waals surface area contributed by atoms with Gasteiger partial charge in [-0.05, 0) is 43.5 Å². The molecular formula is C14H17NO3. The Balaban J connectivity index is 2.32. The number of fused-ring (bicyclic) bond motifs is 1. The molecular weight excluding hydrogens is 230 g/mol. The third-order valence-electron chi connectivity index (χ3n) is 2.88. The number of benzene rings is 1. The van der Waals surface area contributed by atoms with Gasteiger partial charge >= 0.3 is 5.97 Å². The SMILES string of the molecule is CCOC(=O)c1ccc2[nH]cc(CCCO)c2c1. The molecule has 0 spiro atoms. The van der Waals surface area contributed by atoms with Gasteiger partial charge in [0, 0.05) is 23.7 Å². The maximum atomic E-state index is 11.7. The van der Waals surface area contributed by atoms with Crippen LogP contribution in [0.1, 0.15) is 29.3 Å². The van der Waals surface area contributed by atoms with Gasteiger partial charge in [-0.2, -0.15) is 0 Å². The largest absolute Gasteiger partial charge is 0.462 e. The average molecular weight is 247 g/mol. The van der Waals surface area contributed by atoms with E-state index in [0.717, 1.165) is 29.3 Å². The van der Waals surface area contributed by atoms with Crippen molar-refractivity contribution >= 4 is 16.9 Å². The number of aromatic nitrogens is 1. The third-order valence-corrected chi connectivity index (χ3v) is 2.88. The van der Waals surface area contributed by atoms with Crippen LogP contribution in [-0.4, -0.2) is 29.3 Å². The second kappa shape index (κ2) is 5.69. The minimum absolute atomic E-state index is 0.171. The van der Waals surface area contributed by atoms with Gasteiger partial charge < -0.3 is 14.8 Å². The Morgan fingerprint density at radius 3 is 3.00 bits per heavy atom. The number of H-pyrrole nitrogens is 1. The van der Waals surface area contributed by atoms with Crippen molar-refractivity contribution in [3.63, 3.8) is 0 Å². The van der Waals surface area contributed by atoms with E-state index in [-0.39, 0.29) is 12.6 Å². The number of carbonyl (C=O) groups excluding carboxylic acids is 1. The van der Waals surface area contributed by atoms with Gasteiger partial charge in [-0.1, -0.05) is 0 Å². The van der Waals surface area contributed by atoms with Crippen molar-refractivity contribution in [1.82, 2.24) is 4.98 Å². The summed E-state index contributed by atoms with van der Waals surface area (Å²) in [5.74, 6) is -0.297. The fraction of sp³-hybridized carbons (Fsp3) is 0.357. The Morgan fingerprint density at radius 1 is 1.44 bits per heavy atom. The van der Waals surface area contributed by atoms with Gasteiger partial charge in [0.05, 0.1) is 12.2 Å². The molecule has 0 fully saturated rings. The van der Waals surface area contributed by atoms with Crippen LogP contribution in [-0.2, 0) is 11.2 Å². The summed E-state index contributed by atoms with van der Waals surface area (Å²) < 4.78 is 4.99. The number of aryl methyl sites for hydroxylation is 1. The first-order chi connectivity index (χ1) is 8.76. The number of aliphatic hydroxyl groups is 1. The zero-order chi connectivity index (χ0) is 13.0. The van der Waals surface area contributed by atoms with E-state index in [0.29, 0.717) is 12.2 Å². The molecule has 0 amide bonds. The first kappa shape index (κ1) is 12.6. The summed E-state index contributed by atoms with van der Waals surface area (Å²) in [4.78, 5) is 14.8. The van der Waals surface area contributed by atoms with Crippen molar-refractivity contribution < 1.29 is 14.6 Å². The highest BCUT2D eigenvalue weighted by molar-refractivity contribution is 5.95. The highest BCUT2D eigenvalue weighted by Crippen LogP contribution is 2.21. The molecule has 4 heteroatoms. The Labute approximate surface area is 106 Å². The van der Waals surface area contributed by atoms with E-state index in [2.05, 4.69) is 4.98 Å². The lowest BCUT2D eigenvalue weighted by Crippen LogP contribution is -2.04. The molecule has 0 unspecified atom stereocenters. The van der Waals surface area contributed by atoms with E-state index in [1.807, 2.05) is 18.3 Å². The minimum atomic E-state index is -0.297. The second-order valence-corrected chi connectivity index (χ2v) is 4.12. The molecule has 0 aliphatic rings. The summed E-state index contributed by atoms with van der Waals surface area (Å²) in [5.41, 5.74) is 2.68. The van der Waals surface area contributed by atoms with Crippen LogP contribution in [0, 0.1) is 0 Å². The Morgan fingerprint density at radius 2 is 2.28 bits per heavy atom. The normalized spacial score (nSPS) is 10.8. The highest BCUT2D eigenvalue weighted by Gasteiger charge is 2.10. The van der Waals surface area contributed by atoms with Crippen LogP contribution >= 0.6 is 0 Å². The Kier molecular flexibility index (Phi) is 3.99. The molecule has 0 aliphatic heterocycles. The van der Waals surface area contributed by atoms with Gasteiger partial charge in [0.2, 0.25) is 0 Å². The van der Waals surface area contributed by atoms with Gasteiger partial charge in [0.25, 0.3) is 0 Å². The molecule has 1 heterocycles. The van der Waals surface area contributed by atoms with Crippen LogP contribution in [0.25, 0.3) is 10.9 Å². The number of hydrogen-bond donors (Lipinski definition) is 2. The van der Waals surface area contributed by atoms with Gasteiger partial charge in [0.15, 0.2) is 0 Å². The molecule has 2 aromatic rings. The number of carbonyl (C=O) groups is 1. The van der Waals surface area contributed by atoms with Gasteiger partial charge in [-0.15, -0.1) is 0 Å². The van der Waals surface area contributed by atoms with E-state index in [1.165, 1.54) is 0 Å². The summed E-state index contributed by atoms with van der Waals surface area (Å²) in [6.45, 7) is 2.34. The van der Waals surface area contributed by atoms with Crippen molar-refractivity contribution in [1.29, 1.82) is 0 Å². The van der Waals surface area contributed by atoms with E-state index in [4.69, 9.17) is 9.84 Å². The highest BCUT2D eigenvalue weighted by atomic mass is 16.5. The maximum absolute atomic E-state index is 11.7.